The number of para-hydroxylation sites is 1. The largest absolute Gasteiger partial charge is 0.494 e. The number of fused-ring (bicyclic) bond motifs is 1. The van der Waals surface area contributed by atoms with Crippen molar-refractivity contribution in [2.24, 2.45) is 5.92 Å². The lowest BCUT2D eigenvalue weighted by Gasteiger charge is -2.20. The average molecular weight is 295 g/mol. The van der Waals surface area contributed by atoms with Gasteiger partial charge in [-0.25, -0.2) is 4.98 Å². The van der Waals surface area contributed by atoms with Gasteiger partial charge in [-0.1, -0.05) is 26.3 Å². The number of halogens is 1. The van der Waals surface area contributed by atoms with Crippen molar-refractivity contribution in [3.8, 4) is 5.75 Å². The van der Waals surface area contributed by atoms with Crippen LogP contribution >= 0.6 is 11.6 Å². The zero-order chi connectivity index (χ0) is 14.7. The molecule has 0 saturated heterocycles. The summed E-state index contributed by atoms with van der Waals surface area (Å²) in [6.45, 7) is 6.76. The van der Waals surface area contributed by atoms with E-state index in [1.54, 1.807) is 7.11 Å². The van der Waals surface area contributed by atoms with Crippen molar-refractivity contribution < 1.29 is 4.74 Å². The van der Waals surface area contributed by atoms with Gasteiger partial charge in [-0.3, -0.25) is 0 Å². The number of aromatic nitrogens is 2. The molecular weight excluding hydrogens is 272 g/mol. The van der Waals surface area contributed by atoms with Crippen molar-refractivity contribution in [1.82, 2.24) is 9.55 Å². The highest BCUT2D eigenvalue weighted by molar-refractivity contribution is 6.16. The minimum atomic E-state index is 0.385. The molecule has 0 fully saturated rings. The molecule has 0 aliphatic carbocycles. The first kappa shape index (κ1) is 15.2. The quantitative estimate of drug-likeness (QED) is 0.717. The number of rotatable bonds is 6. The fraction of sp³-hybridized carbons (Fsp3) is 0.562. The maximum Gasteiger partial charge on any atom is 0.146 e. The zero-order valence-electron chi connectivity index (χ0n) is 12.7. The average Bonchev–Trinajstić information content (AvgIpc) is 2.85. The Balaban J connectivity index is 2.50. The van der Waals surface area contributed by atoms with Gasteiger partial charge < -0.3 is 9.30 Å². The van der Waals surface area contributed by atoms with Gasteiger partial charge in [0.15, 0.2) is 0 Å². The van der Waals surface area contributed by atoms with E-state index in [4.69, 9.17) is 16.3 Å². The van der Waals surface area contributed by atoms with Crippen molar-refractivity contribution >= 4 is 22.6 Å². The molecule has 1 aromatic carbocycles. The van der Waals surface area contributed by atoms with Crippen molar-refractivity contribution in [2.45, 2.75) is 45.5 Å². The fourth-order valence-corrected chi connectivity index (χ4v) is 2.93. The van der Waals surface area contributed by atoms with Crippen molar-refractivity contribution in [1.29, 1.82) is 0 Å². The number of alkyl halides is 1. The Morgan fingerprint density at radius 1 is 1.35 bits per heavy atom. The number of hydrogen-bond acceptors (Lipinski definition) is 2. The molecule has 0 aliphatic heterocycles. The van der Waals surface area contributed by atoms with Gasteiger partial charge in [-0.15, -0.1) is 11.6 Å². The van der Waals surface area contributed by atoms with Crippen LogP contribution < -0.4 is 4.74 Å². The number of methoxy groups -OCH3 is 1. The highest BCUT2D eigenvalue weighted by Gasteiger charge is 2.18. The molecule has 0 aliphatic rings. The van der Waals surface area contributed by atoms with Crippen molar-refractivity contribution in [3.63, 3.8) is 0 Å². The van der Waals surface area contributed by atoms with Crippen LogP contribution in [-0.4, -0.2) is 16.7 Å². The van der Waals surface area contributed by atoms with Crippen LogP contribution in [0.25, 0.3) is 11.0 Å². The van der Waals surface area contributed by atoms with Gasteiger partial charge in [0.05, 0.1) is 18.5 Å². The summed E-state index contributed by atoms with van der Waals surface area (Å²) in [5.41, 5.74) is 2.01. The molecule has 2 aromatic rings. The summed E-state index contributed by atoms with van der Waals surface area (Å²) in [5, 5.41) is 0. The van der Waals surface area contributed by atoms with Crippen LogP contribution in [-0.2, 0) is 5.88 Å². The summed E-state index contributed by atoms with van der Waals surface area (Å²) in [4.78, 5) is 4.66. The number of imidazole rings is 1. The number of ether oxygens (including phenoxy) is 1. The lowest BCUT2D eigenvalue weighted by atomic mass is 10.00. The van der Waals surface area contributed by atoms with E-state index in [9.17, 15) is 0 Å². The third kappa shape index (κ3) is 2.78. The molecule has 2 atom stereocenters. The van der Waals surface area contributed by atoms with Gasteiger partial charge in [0, 0.05) is 6.04 Å². The first-order chi connectivity index (χ1) is 9.62. The van der Waals surface area contributed by atoms with Crippen molar-refractivity contribution in [3.05, 3.63) is 24.0 Å². The molecule has 110 valence electrons. The molecular formula is C16H23ClN2O. The van der Waals surface area contributed by atoms with E-state index in [1.807, 2.05) is 12.1 Å². The lowest BCUT2D eigenvalue weighted by molar-refractivity contribution is 0.399. The molecule has 0 spiro atoms. The third-order valence-electron chi connectivity index (χ3n) is 3.98. The Morgan fingerprint density at radius 2 is 2.10 bits per heavy atom. The molecule has 0 N–H and O–H groups in total. The number of benzene rings is 1. The highest BCUT2D eigenvalue weighted by atomic mass is 35.5. The van der Waals surface area contributed by atoms with E-state index < -0.39 is 0 Å². The summed E-state index contributed by atoms with van der Waals surface area (Å²) in [5.74, 6) is 2.84. The maximum absolute atomic E-state index is 6.09. The first-order valence-corrected chi connectivity index (χ1v) is 7.75. The molecule has 0 saturated carbocycles. The predicted molar refractivity (Wildman–Crippen MR) is 84.6 cm³/mol. The summed E-state index contributed by atoms with van der Waals surface area (Å²) in [6, 6.07) is 6.43. The smallest absolute Gasteiger partial charge is 0.146 e. The van der Waals surface area contributed by atoms with Crippen LogP contribution in [0.2, 0.25) is 0 Å². The SMILES string of the molecule is CCC(C)CC(C)n1c(CCl)nc2c(OC)cccc21. The topological polar surface area (TPSA) is 27.1 Å². The van der Waals surface area contributed by atoms with Gasteiger partial charge in [0.25, 0.3) is 0 Å². The van der Waals surface area contributed by atoms with E-state index in [1.165, 1.54) is 6.42 Å². The van der Waals surface area contributed by atoms with Gasteiger partial charge >= 0.3 is 0 Å². The van der Waals surface area contributed by atoms with Gasteiger partial charge in [0.1, 0.15) is 17.1 Å². The summed E-state index contributed by atoms with van der Waals surface area (Å²) in [7, 11) is 1.68. The van der Waals surface area contributed by atoms with Crippen LogP contribution in [0, 0.1) is 5.92 Å². The maximum atomic E-state index is 6.09. The second-order valence-corrected chi connectivity index (χ2v) is 5.73. The van der Waals surface area contributed by atoms with Crippen molar-refractivity contribution in [2.75, 3.05) is 7.11 Å². The molecule has 0 bridgehead atoms. The van der Waals surface area contributed by atoms with Crippen LogP contribution in [0.1, 0.15) is 45.5 Å². The molecule has 2 unspecified atom stereocenters. The standard InChI is InChI=1S/C16H23ClN2O/c1-5-11(2)9-12(3)19-13-7-6-8-14(20-4)16(13)18-15(19)10-17/h6-8,11-12H,5,9-10H2,1-4H3. The summed E-state index contributed by atoms with van der Waals surface area (Å²) in [6.07, 6.45) is 2.32. The molecule has 1 aromatic heterocycles. The highest BCUT2D eigenvalue weighted by Crippen LogP contribution is 2.31. The lowest BCUT2D eigenvalue weighted by Crippen LogP contribution is -2.11. The molecule has 0 amide bonds. The van der Waals surface area contributed by atoms with Crippen LogP contribution in [0.3, 0.4) is 0 Å². The minimum Gasteiger partial charge on any atom is -0.494 e. The Bertz CT molecular complexity index is 579. The van der Waals surface area contributed by atoms with Crippen LogP contribution in [0.15, 0.2) is 18.2 Å². The second kappa shape index (κ2) is 6.49. The Hall–Kier alpha value is -1.22. The Kier molecular flexibility index (Phi) is 4.92. The Labute approximate surface area is 125 Å². The molecule has 3 nitrogen and oxygen atoms in total. The van der Waals surface area contributed by atoms with E-state index >= 15 is 0 Å². The number of nitrogens with zero attached hydrogens (tertiary/aromatic N) is 2. The second-order valence-electron chi connectivity index (χ2n) is 5.46. The minimum absolute atomic E-state index is 0.385. The van der Waals surface area contributed by atoms with Gasteiger partial charge in [-0.05, 0) is 31.4 Å². The van der Waals surface area contributed by atoms with E-state index in [2.05, 4.69) is 36.4 Å². The summed E-state index contributed by atoms with van der Waals surface area (Å²) < 4.78 is 7.66. The Morgan fingerprint density at radius 3 is 2.70 bits per heavy atom. The van der Waals surface area contributed by atoms with E-state index in [0.29, 0.717) is 17.8 Å². The molecule has 0 radical (unpaired) electrons. The molecule has 20 heavy (non-hydrogen) atoms. The predicted octanol–water partition coefficient (Wildman–Crippen LogP) is 4.78. The monoisotopic (exact) mass is 294 g/mol. The van der Waals surface area contributed by atoms with Crippen LogP contribution in [0.4, 0.5) is 0 Å². The summed E-state index contributed by atoms with van der Waals surface area (Å²) >= 11 is 6.09. The van der Waals surface area contributed by atoms with Gasteiger partial charge in [-0.2, -0.15) is 0 Å². The zero-order valence-corrected chi connectivity index (χ0v) is 13.4. The first-order valence-electron chi connectivity index (χ1n) is 7.22. The molecule has 1 heterocycles. The van der Waals surface area contributed by atoms with E-state index in [-0.39, 0.29) is 0 Å². The third-order valence-corrected chi connectivity index (χ3v) is 4.22. The van der Waals surface area contributed by atoms with Gasteiger partial charge in [0.2, 0.25) is 0 Å². The fourth-order valence-electron chi connectivity index (χ4n) is 2.74. The van der Waals surface area contributed by atoms with Crippen LogP contribution in [0.5, 0.6) is 5.75 Å². The van der Waals surface area contributed by atoms with E-state index in [0.717, 1.165) is 29.0 Å². The molecule has 2 rings (SSSR count). The number of hydrogen-bond donors (Lipinski definition) is 0. The normalized spacial score (nSPS) is 14.4. The molecule has 4 heteroatoms.